The first-order valence-electron chi connectivity index (χ1n) is 10.6. The van der Waals surface area contributed by atoms with Crippen LogP contribution in [0.5, 0.6) is 5.75 Å². The molecule has 1 unspecified atom stereocenters. The van der Waals surface area contributed by atoms with Crippen molar-refractivity contribution in [1.82, 2.24) is 14.7 Å². The van der Waals surface area contributed by atoms with Crippen LogP contribution in [-0.4, -0.2) is 53.9 Å². The summed E-state index contributed by atoms with van der Waals surface area (Å²) in [5.74, 6) is -0.208. The summed E-state index contributed by atoms with van der Waals surface area (Å²) in [6.07, 6.45) is 1.78. The number of methoxy groups -OCH3 is 2. The van der Waals surface area contributed by atoms with Crippen LogP contribution in [0.25, 0.3) is 11.3 Å². The van der Waals surface area contributed by atoms with E-state index in [-0.39, 0.29) is 18.4 Å². The average molecular weight is 436 g/mol. The van der Waals surface area contributed by atoms with Gasteiger partial charge in [0.2, 0.25) is 0 Å². The molecule has 32 heavy (non-hydrogen) atoms. The molecule has 168 valence electrons. The van der Waals surface area contributed by atoms with Gasteiger partial charge in [-0.05, 0) is 36.8 Å². The van der Waals surface area contributed by atoms with E-state index in [1.54, 1.807) is 29.8 Å². The van der Waals surface area contributed by atoms with Gasteiger partial charge in [-0.3, -0.25) is 14.3 Å². The fourth-order valence-electron chi connectivity index (χ4n) is 3.52. The predicted molar refractivity (Wildman–Crippen MR) is 123 cm³/mol. The van der Waals surface area contributed by atoms with Crippen LogP contribution in [0.1, 0.15) is 29.8 Å². The molecule has 0 radical (unpaired) electrons. The van der Waals surface area contributed by atoms with Crippen LogP contribution in [0.15, 0.2) is 60.8 Å². The van der Waals surface area contributed by atoms with Gasteiger partial charge in [0.15, 0.2) is 0 Å². The van der Waals surface area contributed by atoms with Crippen molar-refractivity contribution in [2.45, 2.75) is 20.4 Å². The number of nitrogens with zero attached hydrogens (tertiary/aromatic N) is 3. The highest BCUT2D eigenvalue weighted by atomic mass is 16.5. The van der Waals surface area contributed by atoms with Crippen LogP contribution in [0.3, 0.4) is 0 Å². The van der Waals surface area contributed by atoms with Gasteiger partial charge >= 0.3 is 5.97 Å². The largest absolute Gasteiger partial charge is 0.497 e. The van der Waals surface area contributed by atoms with E-state index in [0.717, 1.165) is 16.9 Å². The first kappa shape index (κ1) is 23.1. The molecule has 1 amide bonds. The number of hydrogen-bond donors (Lipinski definition) is 0. The van der Waals surface area contributed by atoms with Crippen molar-refractivity contribution in [2.75, 3.05) is 27.3 Å². The molecule has 0 aliphatic carbocycles. The van der Waals surface area contributed by atoms with Crippen molar-refractivity contribution < 1.29 is 19.1 Å². The van der Waals surface area contributed by atoms with E-state index >= 15 is 0 Å². The molecular weight excluding hydrogens is 406 g/mol. The summed E-state index contributed by atoms with van der Waals surface area (Å²) in [6, 6.07) is 17.4. The molecule has 0 spiro atoms. The number of esters is 1. The van der Waals surface area contributed by atoms with Crippen molar-refractivity contribution in [2.24, 2.45) is 5.92 Å². The number of ether oxygens (including phenoxy) is 2. The summed E-state index contributed by atoms with van der Waals surface area (Å²) in [4.78, 5) is 27.0. The van der Waals surface area contributed by atoms with Gasteiger partial charge < -0.3 is 14.4 Å². The van der Waals surface area contributed by atoms with Crippen molar-refractivity contribution in [3.63, 3.8) is 0 Å². The average Bonchev–Trinajstić information content (AvgIpc) is 3.25. The summed E-state index contributed by atoms with van der Waals surface area (Å²) in [5, 5.41) is 4.74. The van der Waals surface area contributed by atoms with Crippen molar-refractivity contribution in [1.29, 1.82) is 0 Å². The zero-order chi connectivity index (χ0) is 23.1. The molecule has 2 aromatic carbocycles. The molecule has 0 saturated heterocycles. The van der Waals surface area contributed by atoms with Gasteiger partial charge in [0.05, 0.1) is 32.2 Å². The minimum absolute atomic E-state index is 0.173. The minimum atomic E-state index is -0.423. The fourth-order valence-corrected chi connectivity index (χ4v) is 3.52. The second kappa shape index (κ2) is 10.6. The molecule has 3 rings (SSSR count). The van der Waals surface area contributed by atoms with Crippen LogP contribution >= 0.6 is 0 Å². The minimum Gasteiger partial charge on any atom is -0.497 e. The van der Waals surface area contributed by atoms with E-state index in [0.29, 0.717) is 24.3 Å². The highest BCUT2D eigenvalue weighted by Crippen LogP contribution is 2.26. The van der Waals surface area contributed by atoms with E-state index in [1.165, 1.54) is 7.11 Å². The molecule has 0 aliphatic heterocycles. The van der Waals surface area contributed by atoms with Crippen LogP contribution in [-0.2, 0) is 16.1 Å². The normalized spacial score (nSPS) is 11.6. The van der Waals surface area contributed by atoms with E-state index in [4.69, 9.17) is 14.6 Å². The maximum atomic E-state index is 13.5. The van der Waals surface area contributed by atoms with Crippen LogP contribution in [0.4, 0.5) is 0 Å². The number of amides is 1. The van der Waals surface area contributed by atoms with Gasteiger partial charge in [-0.2, -0.15) is 5.10 Å². The van der Waals surface area contributed by atoms with Gasteiger partial charge in [0, 0.05) is 24.8 Å². The fraction of sp³-hybridized carbons (Fsp3) is 0.320. The van der Waals surface area contributed by atoms with Gasteiger partial charge in [0.1, 0.15) is 11.4 Å². The number of carbonyl (C=O) groups is 2. The van der Waals surface area contributed by atoms with E-state index < -0.39 is 5.92 Å². The zero-order valence-electron chi connectivity index (χ0n) is 18.9. The Morgan fingerprint density at radius 3 is 2.34 bits per heavy atom. The Hall–Kier alpha value is -3.61. The Morgan fingerprint density at radius 2 is 1.75 bits per heavy atom. The highest BCUT2D eigenvalue weighted by molar-refractivity contribution is 6.00. The Balaban J connectivity index is 1.97. The molecule has 0 bridgehead atoms. The molecule has 1 aromatic heterocycles. The third kappa shape index (κ3) is 5.35. The van der Waals surface area contributed by atoms with E-state index in [2.05, 4.69) is 0 Å². The second-order valence-corrected chi connectivity index (χ2v) is 7.57. The second-order valence-electron chi connectivity index (χ2n) is 7.57. The third-order valence-corrected chi connectivity index (χ3v) is 5.31. The van der Waals surface area contributed by atoms with Crippen molar-refractivity contribution in [3.8, 4) is 17.0 Å². The molecule has 3 aromatic rings. The predicted octanol–water partition coefficient (Wildman–Crippen LogP) is 3.88. The van der Waals surface area contributed by atoms with Crippen LogP contribution in [0.2, 0.25) is 0 Å². The van der Waals surface area contributed by atoms with Crippen molar-refractivity contribution in [3.05, 3.63) is 71.9 Å². The molecule has 0 aliphatic rings. The van der Waals surface area contributed by atoms with E-state index in [1.807, 2.05) is 61.5 Å². The molecule has 1 heterocycles. The quantitative estimate of drug-likeness (QED) is 0.477. The molecule has 7 heteroatoms. The number of rotatable bonds is 9. The maximum Gasteiger partial charge on any atom is 0.310 e. The molecular formula is C25H29N3O4. The van der Waals surface area contributed by atoms with E-state index in [9.17, 15) is 9.59 Å². The number of benzene rings is 2. The lowest BCUT2D eigenvalue weighted by Crippen LogP contribution is -2.37. The standard InChI is InChI=1S/C25H29N3O4/c1-5-27(15-18(2)25(30)32-4)24(29)22-17-28(16-19-9-7-6-8-10-19)26-23(22)20-11-13-21(31-3)14-12-20/h6-14,17-18H,5,15-16H2,1-4H3. The van der Waals surface area contributed by atoms with Gasteiger partial charge in [-0.25, -0.2) is 0 Å². The molecule has 0 saturated carbocycles. The van der Waals surface area contributed by atoms with Gasteiger partial charge in [0.25, 0.3) is 5.91 Å². The Kier molecular flexibility index (Phi) is 7.65. The Bertz CT molecular complexity index is 1040. The number of carbonyl (C=O) groups excluding carboxylic acids is 2. The Labute approximate surface area is 188 Å². The summed E-state index contributed by atoms with van der Waals surface area (Å²) >= 11 is 0. The van der Waals surface area contributed by atoms with Crippen molar-refractivity contribution >= 4 is 11.9 Å². The zero-order valence-corrected chi connectivity index (χ0v) is 18.9. The smallest absolute Gasteiger partial charge is 0.310 e. The number of hydrogen-bond acceptors (Lipinski definition) is 5. The lowest BCUT2D eigenvalue weighted by molar-refractivity contribution is -0.145. The topological polar surface area (TPSA) is 73.7 Å². The first-order valence-corrected chi connectivity index (χ1v) is 10.6. The summed E-state index contributed by atoms with van der Waals surface area (Å²) < 4.78 is 11.9. The highest BCUT2D eigenvalue weighted by Gasteiger charge is 2.25. The third-order valence-electron chi connectivity index (χ3n) is 5.31. The van der Waals surface area contributed by atoms with Gasteiger partial charge in [-0.1, -0.05) is 37.3 Å². The lowest BCUT2D eigenvalue weighted by atomic mass is 10.1. The number of aromatic nitrogens is 2. The summed E-state index contributed by atoms with van der Waals surface area (Å²) in [5.41, 5.74) is 2.99. The van der Waals surface area contributed by atoms with Crippen LogP contribution in [0, 0.1) is 5.92 Å². The molecule has 0 fully saturated rings. The monoisotopic (exact) mass is 435 g/mol. The molecule has 0 N–H and O–H groups in total. The maximum absolute atomic E-state index is 13.5. The molecule has 1 atom stereocenters. The molecule has 7 nitrogen and oxygen atoms in total. The van der Waals surface area contributed by atoms with Crippen LogP contribution < -0.4 is 4.74 Å². The van der Waals surface area contributed by atoms with Gasteiger partial charge in [-0.15, -0.1) is 0 Å². The summed E-state index contributed by atoms with van der Waals surface area (Å²) in [7, 11) is 2.96. The lowest BCUT2D eigenvalue weighted by Gasteiger charge is -2.23. The summed E-state index contributed by atoms with van der Waals surface area (Å²) in [6.45, 7) is 4.93. The Morgan fingerprint density at radius 1 is 1.06 bits per heavy atom. The first-order chi connectivity index (χ1) is 15.5. The SMILES string of the molecule is CCN(CC(C)C(=O)OC)C(=O)c1cn(Cc2ccccc2)nc1-c1ccc(OC)cc1.